The summed E-state index contributed by atoms with van der Waals surface area (Å²) >= 11 is 6.29. The van der Waals surface area contributed by atoms with Crippen LogP contribution in [0.2, 0.25) is 0 Å². The summed E-state index contributed by atoms with van der Waals surface area (Å²) in [7, 11) is 0. The van der Waals surface area contributed by atoms with Gasteiger partial charge in [0.15, 0.2) is 11.5 Å². The van der Waals surface area contributed by atoms with Crippen molar-refractivity contribution >= 4 is 11.6 Å². The van der Waals surface area contributed by atoms with E-state index >= 15 is 0 Å². The molecule has 0 aromatic heterocycles. The summed E-state index contributed by atoms with van der Waals surface area (Å²) < 4.78 is 37.3. The molecular weight excluding hydrogens is 286 g/mol. The maximum atomic E-state index is 13.2. The Balaban J connectivity index is 1.95. The van der Waals surface area contributed by atoms with Gasteiger partial charge in [-0.2, -0.15) is 0 Å². The van der Waals surface area contributed by atoms with E-state index in [1.54, 1.807) is 18.2 Å². The number of fused-ring (bicyclic) bond motifs is 1. The van der Waals surface area contributed by atoms with Crippen LogP contribution < -0.4 is 9.47 Å². The number of halogens is 3. The summed E-state index contributed by atoms with van der Waals surface area (Å²) in [6.45, 7) is 0.976. The van der Waals surface area contributed by atoms with Crippen LogP contribution in [0.3, 0.4) is 0 Å². The van der Waals surface area contributed by atoms with E-state index in [1.807, 2.05) is 0 Å². The molecule has 2 nitrogen and oxygen atoms in total. The zero-order chi connectivity index (χ0) is 14.1. The van der Waals surface area contributed by atoms with Crippen LogP contribution in [0.5, 0.6) is 11.5 Å². The molecule has 2 aromatic carbocycles. The molecule has 3 rings (SSSR count). The lowest BCUT2D eigenvalue weighted by atomic mass is 10.0. The van der Waals surface area contributed by atoms with Gasteiger partial charge in [0.25, 0.3) is 0 Å². The molecule has 0 amide bonds. The summed E-state index contributed by atoms with van der Waals surface area (Å²) in [4.78, 5) is 0. The molecule has 20 heavy (non-hydrogen) atoms. The molecule has 0 saturated carbocycles. The van der Waals surface area contributed by atoms with Gasteiger partial charge in [0.1, 0.15) is 24.8 Å². The van der Waals surface area contributed by atoms with Crippen molar-refractivity contribution in [2.75, 3.05) is 13.2 Å². The smallest absolute Gasteiger partial charge is 0.161 e. The zero-order valence-corrected chi connectivity index (χ0v) is 11.2. The van der Waals surface area contributed by atoms with E-state index in [4.69, 9.17) is 21.1 Å². The molecule has 1 unspecified atom stereocenters. The summed E-state index contributed by atoms with van der Waals surface area (Å²) in [5, 5.41) is -0.656. The van der Waals surface area contributed by atoms with Gasteiger partial charge in [-0.25, -0.2) is 8.78 Å². The summed E-state index contributed by atoms with van der Waals surface area (Å²) in [6, 6.07) is 8.49. The third-order valence-corrected chi connectivity index (χ3v) is 3.54. The fraction of sp³-hybridized carbons (Fsp3) is 0.200. The summed E-state index contributed by atoms with van der Waals surface area (Å²) in [5.74, 6) is -0.0584. The Morgan fingerprint density at radius 3 is 2.20 bits per heavy atom. The molecule has 1 aliphatic rings. The van der Waals surface area contributed by atoms with Crippen LogP contribution in [0, 0.1) is 11.6 Å². The minimum Gasteiger partial charge on any atom is -0.486 e. The quantitative estimate of drug-likeness (QED) is 0.778. The van der Waals surface area contributed by atoms with E-state index in [9.17, 15) is 8.78 Å². The van der Waals surface area contributed by atoms with Gasteiger partial charge in [-0.1, -0.05) is 6.07 Å². The van der Waals surface area contributed by atoms with Crippen LogP contribution in [-0.4, -0.2) is 13.2 Å². The maximum absolute atomic E-state index is 13.2. The number of alkyl halides is 1. The van der Waals surface area contributed by atoms with Gasteiger partial charge in [0.05, 0.1) is 5.38 Å². The van der Waals surface area contributed by atoms with Gasteiger partial charge >= 0.3 is 0 Å². The highest BCUT2D eigenvalue weighted by Crippen LogP contribution is 2.37. The van der Waals surface area contributed by atoms with Crippen LogP contribution in [0.1, 0.15) is 16.5 Å². The molecule has 2 aromatic rings. The van der Waals surface area contributed by atoms with Crippen LogP contribution >= 0.6 is 11.6 Å². The van der Waals surface area contributed by atoms with Crippen LogP contribution in [0.15, 0.2) is 36.4 Å². The standard InChI is InChI=1S/C15H11ClF2O2/c16-15(10-5-11(17)8-12(18)6-10)9-1-2-13-14(7-9)20-4-3-19-13/h1-2,5-8,15H,3-4H2. The Morgan fingerprint density at radius 2 is 1.50 bits per heavy atom. The second-order valence-corrected chi connectivity index (χ2v) is 4.90. The van der Waals surface area contributed by atoms with E-state index in [0.717, 1.165) is 6.07 Å². The van der Waals surface area contributed by atoms with E-state index in [1.165, 1.54) is 12.1 Å². The molecule has 0 bridgehead atoms. The van der Waals surface area contributed by atoms with Crippen molar-refractivity contribution in [2.45, 2.75) is 5.38 Å². The van der Waals surface area contributed by atoms with Gasteiger partial charge in [0.2, 0.25) is 0 Å². The van der Waals surface area contributed by atoms with E-state index in [0.29, 0.717) is 35.8 Å². The number of rotatable bonds is 2. The molecule has 0 spiro atoms. The topological polar surface area (TPSA) is 18.5 Å². The molecule has 1 heterocycles. The van der Waals surface area contributed by atoms with Crippen molar-refractivity contribution in [1.82, 2.24) is 0 Å². The average Bonchev–Trinajstić information content (AvgIpc) is 2.45. The lowest BCUT2D eigenvalue weighted by Gasteiger charge is -2.20. The van der Waals surface area contributed by atoms with Gasteiger partial charge in [-0.05, 0) is 35.4 Å². The number of ether oxygens (including phenoxy) is 2. The van der Waals surface area contributed by atoms with Gasteiger partial charge in [0, 0.05) is 6.07 Å². The Kier molecular flexibility index (Phi) is 3.49. The predicted octanol–water partition coefficient (Wildman–Crippen LogP) is 4.06. The number of hydrogen-bond donors (Lipinski definition) is 0. The molecule has 0 saturated heterocycles. The highest BCUT2D eigenvalue weighted by atomic mass is 35.5. The first-order valence-corrected chi connectivity index (χ1v) is 6.57. The third kappa shape index (κ3) is 2.56. The molecule has 0 fully saturated rings. The minimum atomic E-state index is -0.656. The van der Waals surface area contributed by atoms with E-state index < -0.39 is 17.0 Å². The first-order valence-electron chi connectivity index (χ1n) is 6.13. The van der Waals surface area contributed by atoms with E-state index in [2.05, 4.69) is 0 Å². The van der Waals surface area contributed by atoms with Gasteiger partial charge in [-0.15, -0.1) is 11.6 Å². The number of benzene rings is 2. The second kappa shape index (κ2) is 5.29. The Labute approximate surface area is 119 Å². The summed E-state index contributed by atoms with van der Waals surface area (Å²) in [6.07, 6.45) is 0. The Morgan fingerprint density at radius 1 is 0.850 bits per heavy atom. The lowest BCUT2D eigenvalue weighted by Crippen LogP contribution is -2.15. The van der Waals surface area contributed by atoms with Crippen molar-refractivity contribution in [1.29, 1.82) is 0 Å². The fourth-order valence-electron chi connectivity index (χ4n) is 2.13. The molecular formula is C15H11ClF2O2. The summed E-state index contributed by atoms with van der Waals surface area (Å²) in [5.41, 5.74) is 1.06. The zero-order valence-electron chi connectivity index (χ0n) is 10.4. The fourth-order valence-corrected chi connectivity index (χ4v) is 2.39. The highest BCUT2D eigenvalue weighted by molar-refractivity contribution is 6.22. The third-order valence-electron chi connectivity index (χ3n) is 3.04. The minimum absolute atomic E-state index is 0.362. The SMILES string of the molecule is Fc1cc(F)cc(C(Cl)c2ccc3c(c2)OCCO3)c1. The van der Waals surface area contributed by atoms with Gasteiger partial charge in [-0.3, -0.25) is 0 Å². The van der Waals surface area contributed by atoms with Gasteiger partial charge < -0.3 is 9.47 Å². The van der Waals surface area contributed by atoms with Crippen molar-refractivity contribution in [3.63, 3.8) is 0 Å². The Bertz CT molecular complexity index is 626. The molecule has 5 heteroatoms. The monoisotopic (exact) mass is 296 g/mol. The molecule has 104 valence electrons. The number of hydrogen-bond acceptors (Lipinski definition) is 2. The van der Waals surface area contributed by atoms with Crippen molar-refractivity contribution in [3.05, 3.63) is 59.2 Å². The van der Waals surface area contributed by atoms with E-state index in [-0.39, 0.29) is 0 Å². The van der Waals surface area contributed by atoms with Crippen molar-refractivity contribution in [3.8, 4) is 11.5 Å². The van der Waals surface area contributed by atoms with Crippen LogP contribution in [0.25, 0.3) is 0 Å². The molecule has 0 N–H and O–H groups in total. The van der Waals surface area contributed by atoms with Crippen molar-refractivity contribution < 1.29 is 18.3 Å². The average molecular weight is 297 g/mol. The molecule has 0 aliphatic carbocycles. The molecule has 1 atom stereocenters. The first-order chi connectivity index (χ1) is 9.63. The highest BCUT2D eigenvalue weighted by Gasteiger charge is 2.17. The van der Waals surface area contributed by atoms with Crippen LogP contribution in [0.4, 0.5) is 8.78 Å². The normalized spacial score (nSPS) is 14.9. The maximum Gasteiger partial charge on any atom is 0.161 e. The van der Waals surface area contributed by atoms with Crippen LogP contribution in [-0.2, 0) is 0 Å². The largest absolute Gasteiger partial charge is 0.486 e. The van der Waals surface area contributed by atoms with Crippen molar-refractivity contribution in [2.24, 2.45) is 0 Å². The second-order valence-electron chi connectivity index (χ2n) is 4.47. The molecule has 1 aliphatic heterocycles. The predicted molar refractivity (Wildman–Crippen MR) is 71.5 cm³/mol. The lowest BCUT2D eigenvalue weighted by molar-refractivity contribution is 0.171. The molecule has 0 radical (unpaired) electrons. The first kappa shape index (κ1) is 13.2. The Hall–Kier alpha value is -1.81.